The summed E-state index contributed by atoms with van der Waals surface area (Å²) in [6, 6.07) is 10.7. The Morgan fingerprint density at radius 1 is 1.30 bits per heavy atom. The minimum atomic E-state index is -0.445. The molecule has 0 fully saturated rings. The largest absolute Gasteiger partial charge is 0.329 e. The van der Waals surface area contributed by atoms with E-state index in [0.717, 1.165) is 10.1 Å². The maximum absolute atomic E-state index is 12.0. The van der Waals surface area contributed by atoms with Gasteiger partial charge in [-0.2, -0.15) is 5.10 Å². The third kappa shape index (κ3) is 3.44. The van der Waals surface area contributed by atoms with Crippen molar-refractivity contribution in [2.24, 2.45) is 5.10 Å². The monoisotopic (exact) mass is 272 g/mol. The number of aromatic amines is 1. The molecule has 0 unspecified atom stereocenters. The van der Waals surface area contributed by atoms with Crippen molar-refractivity contribution in [2.75, 3.05) is 6.54 Å². The molecule has 1 aromatic heterocycles. The van der Waals surface area contributed by atoms with E-state index in [1.807, 2.05) is 37.3 Å². The fraction of sp³-hybridized carbons (Fsp3) is 0.214. The predicted molar refractivity (Wildman–Crippen MR) is 78.1 cm³/mol. The highest BCUT2D eigenvalue weighted by atomic mass is 16.2. The molecule has 6 nitrogen and oxygen atoms in total. The maximum atomic E-state index is 12.0. The highest BCUT2D eigenvalue weighted by Gasteiger charge is 2.04. The summed E-state index contributed by atoms with van der Waals surface area (Å²) < 4.78 is 1.15. The first-order valence-electron chi connectivity index (χ1n) is 6.34. The maximum Gasteiger partial charge on any atom is 0.329 e. The van der Waals surface area contributed by atoms with Crippen LogP contribution >= 0.6 is 0 Å². The van der Waals surface area contributed by atoms with Crippen LogP contribution in [0.25, 0.3) is 0 Å². The molecule has 0 aliphatic heterocycles. The molecule has 2 aromatic rings. The first-order chi connectivity index (χ1) is 9.70. The molecule has 104 valence electrons. The van der Waals surface area contributed by atoms with Gasteiger partial charge in [0.2, 0.25) is 0 Å². The lowest BCUT2D eigenvalue weighted by atomic mass is 10.2. The minimum absolute atomic E-state index is 0.250. The van der Waals surface area contributed by atoms with E-state index in [9.17, 15) is 9.59 Å². The van der Waals surface area contributed by atoms with Gasteiger partial charge in [-0.25, -0.2) is 4.79 Å². The number of nitrogens with zero attached hydrogens (tertiary/aromatic N) is 2. The van der Waals surface area contributed by atoms with Gasteiger partial charge in [-0.3, -0.25) is 9.36 Å². The van der Waals surface area contributed by atoms with Crippen molar-refractivity contribution in [1.82, 2.24) is 15.0 Å². The molecule has 0 saturated heterocycles. The van der Waals surface area contributed by atoms with Crippen LogP contribution in [0.2, 0.25) is 0 Å². The van der Waals surface area contributed by atoms with Crippen LogP contribution in [0.15, 0.2) is 51.1 Å². The Morgan fingerprint density at radius 3 is 2.70 bits per heavy atom. The van der Waals surface area contributed by atoms with E-state index in [1.165, 1.54) is 12.3 Å². The quantitative estimate of drug-likeness (QED) is 0.615. The molecule has 0 aliphatic rings. The SMILES string of the molecule is CCNN=Cc1cc(=O)n(Cc2ccccc2)c(=O)[nH]1. The molecular weight excluding hydrogens is 256 g/mol. The predicted octanol–water partition coefficient (Wildman–Crippen LogP) is 0.528. The Hall–Kier alpha value is -2.63. The molecule has 0 bridgehead atoms. The van der Waals surface area contributed by atoms with Crippen LogP contribution in [-0.4, -0.2) is 22.3 Å². The third-order valence-corrected chi connectivity index (χ3v) is 2.68. The Kier molecular flexibility index (Phi) is 4.49. The van der Waals surface area contributed by atoms with E-state index < -0.39 is 5.69 Å². The smallest absolute Gasteiger partial charge is 0.310 e. The van der Waals surface area contributed by atoms with Gasteiger partial charge >= 0.3 is 5.69 Å². The summed E-state index contributed by atoms with van der Waals surface area (Å²) in [6.45, 7) is 2.82. The lowest BCUT2D eigenvalue weighted by molar-refractivity contribution is 0.697. The summed E-state index contributed by atoms with van der Waals surface area (Å²) in [5.74, 6) is 0. The molecule has 6 heteroatoms. The van der Waals surface area contributed by atoms with E-state index in [1.54, 1.807) is 0 Å². The van der Waals surface area contributed by atoms with E-state index >= 15 is 0 Å². The van der Waals surface area contributed by atoms with Gasteiger partial charge in [-0.1, -0.05) is 30.3 Å². The van der Waals surface area contributed by atoms with Gasteiger partial charge in [0, 0.05) is 12.6 Å². The minimum Gasteiger partial charge on any atom is -0.310 e. The number of H-pyrrole nitrogens is 1. The third-order valence-electron chi connectivity index (χ3n) is 2.68. The molecule has 0 atom stereocenters. The van der Waals surface area contributed by atoms with Gasteiger partial charge in [0.1, 0.15) is 0 Å². The van der Waals surface area contributed by atoms with Crippen LogP contribution in [-0.2, 0) is 6.54 Å². The number of hydrogen-bond donors (Lipinski definition) is 2. The number of nitrogens with one attached hydrogen (secondary N) is 2. The molecule has 0 radical (unpaired) electrons. The number of hydrazone groups is 1. The number of benzene rings is 1. The van der Waals surface area contributed by atoms with Crippen LogP contribution in [0, 0.1) is 0 Å². The fourth-order valence-corrected chi connectivity index (χ4v) is 1.73. The van der Waals surface area contributed by atoms with E-state index in [2.05, 4.69) is 15.5 Å². The molecule has 1 aromatic carbocycles. The standard InChI is InChI=1S/C14H16N4O2/c1-2-15-16-9-12-8-13(19)18(14(20)17-12)10-11-6-4-3-5-7-11/h3-9,15H,2,10H2,1H3,(H,17,20). The summed E-state index contributed by atoms with van der Waals surface area (Å²) >= 11 is 0. The topological polar surface area (TPSA) is 79.2 Å². The van der Waals surface area contributed by atoms with Gasteiger partial charge in [0.25, 0.3) is 5.56 Å². The van der Waals surface area contributed by atoms with Crippen LogP contribution in [0.4, 0.5) is 0 Å². The van der Waals surface area contributed by atoms with Crippen molar-refractivity contribution < 1.29 is 0 Å². The van der Waals surface area contributed by atoms with Gasteiger partial charge in [-0.05, 0) is 12.5 Å². The first-order valence-corrected chi connectivity index (χ1v) is 6.34. The summed E-state index contributed by atoms with van der Waals surface area (Å²) in [5, 5.41) is 3.86. The zero-order valence-corrected chi connectivity index (χ0v) is 11.2. The van der Waals surface area contributed by atoms with Gasteiger partial charge in [0.05, 0.1) is 18.5 Å². The molecule has 1 heterocycles. The second-order valence-electron chi connectivity index (χ2n) is 4.21. The highest BCUT2D eigenvalue weighted by molar-refractivity contribution is 5.76. The highest BCUT2D eigenvalue weighted by Crippen LogP contribution is 1.98. The van der Waals surface area contributed by atoms with Crippen molar-refractivity contribution >= 4 is 6.21 Å². The Morgan fingerprint density at radius 2 is 2.05 bits per heavy atom. The molecular formula is C14H16N4O2. The normalized spacial score (nSPS) is 10.8. The molecule has 2 rings (SSSR count). The fourth-order valence-electron chi connectivity index (χ4n) is 1.73. The van der Waals surface area contributed by atoms with Crippen LogP contribution in [0.3, 0.4) is 0 Å². The first kappa shape index (κ1) is 13.8. The summed E-state index contributed by atoms with van der Waals surface area (Å²) in [6.07, 6.45) is 1.42. The van der Waals surface area contributed by atoms with E-state index in [0.29, 0.717) is 12.2 Å². The van der Waals surface area contributed by atoms with E-state index in [-0.39, 0.29) is 12.1 Å². The number of aromatic nitrogens is 2. The molecule has 20 heavy (non-hydrogen) atoms. The lowest BCUT2D eigenvalue weighted by Gasteiger charge is -2.04. The van der Waals surface area contributed by atoms with Gasteiger partial charge in [-0.15, -0.1) is 0 Å². The molecule has 0 aliphatic carbocycles. The Bertz CT molecular complexity index is 670. The summed E-state index contributed by atoms with van der Waals surface area (Å²) in [7, 11) is 0. The average molecular weight is 272 g/mol. The van der Waals surface area contributed by atoms with Crippen molar-refractivity contribution in [2.45, 2.75) is 13.5 Å². The Labute approximate surface area is 115 Å². The second kappa shape index (κ2) is 6.51. The molecule has 0 saturated carbocycles. The number of rotatable bonds is 5. The number of hydrogen-bond acceptors (Lipinski definition) is 4. The van der Waals surface area contributed by atoms with Crippen molar-refractivity contribution in [3.8, 4) is 0 Å². The summed E-state index contributed by atoms with van der Waals surface area (Å²) in [4.78, 5) is 26.5. The molecule has 2 N–H and O–H groups in total. The van der Waals surface area contributed by atoms with Gasteiger partial charge in [0.15, 0.2) is 0 Å². The van der Waals surface area contributed by atoms with Crippen molar-refractivity contribution in [3.05, 3.63) is 68.5 Å². The van der Waals surface area contributed by atoms with Gasteiger partial charge < -0.3 is 10.4 Å². The summed E-state index contributed by atoms with van der Waals surface area (Å²) in [5.41, 5.74) is 3.21. The van der Waals surface area contributed by atoms with Crippen LogP contribution in [0.5, 0.6) is 0 Å². The van der Waals surface area contributed by atoms with Crippen LogP contribution < -0.4 is 16.7 Å². The van der Waals surface area contributed by atoms with Crippen molar-refractivity contribution in [3.63, 3.8) is 0 Å². The van der Waals surface area contributed by atoms with Crippen LogP contribution in [0.1, 0.15) is 18.2 Å². The lowest BCUT2D eigenvalue weighted by Crippen LogP contribution is -2.35. The average Bonchev–Trinajstić information content (AvgIpc) is 2.44. The van der Waals surface area contributed by atoms with Crippen molar-refractivity contribution in [1.29, 1.82) is 0 Å². The zero-order chi connectivity index (χ0) is 14.4. The Balaban J connectivity index is 2.28. The second-order valence-corrected chi connectivity index (χ2v) is 4.21. The molecule has 0 amide bonds. The van der Waals surface area contributed by atoms with E-state index in [4.69, 9.17) is 0 Å². The molecule has 0 spiro atoms. The zero-order valence-electron chi connectivity index (χ0n) is 11.2.